The van der Waals surface area contributed by atoms with E-state index in [9.17, 15) is 4.79 Å². The van der Waals surface area contributed by atoms with Gasteiger partial charge in [-0.05, 0) is 44.2 Å². The molecule has 122 valence electrons. The Kier molecular flexibility index (Phi) is 4.65. The zero-order valence-corrected chi connectivity index (χ0v) is 13.6. The molecule has 0 bridgehead atoms. The van der Waals surface area contributed by atoms with E-state index in [1.165, 1.54) is 5.56 Å². The largest absolute Gasteiger partial charge is 0.493 e. The van der Waals surface area contributed by atoms with Gasteiger partial charge in [-0.2, -0.15) is 0 Å². The first kappa shape index (κ1) is 15.6. The number of aryl methyl sites for hydroxylation is 2. The number of aromatic nitrogens is 1. The number of nitrogens with one attached hydrogen (secondary N) is 1. The average molecular weight is 314 g/mol. The summed E-state index contributed by atoms with van der Waals surface area (Å²) in [5.74, 6) is 2.09. The maximum atomic E-state index is 12.2. The summed E-state index contributed by atoms with van der Waals surface area (Å²) in [5.41, 5.74) is 2.89. The third kappa shape index (κ3) is 3.73. The number of fused-ring (bicyclic) bond motifs is 1. The van der Waals surface area contributed by atoms with Crippen molar-refractivity contribution in [1.82, 2.24) is 10.5 Å². The fourth-order valence-electron chi connectivity index (χ4n) is 2.97. The number of para-hydroxylation sites is 1. The van der Waals surface area contributed by atoms with Crippen LogP contribution in [0, 0.1) is 19.8 Å². The first-order valence-electron chi connectivity index (χ1n) is 8.02. The summed E-state index contributed by atoms with van der Waals surface area (Å²) in [6.45, 7) is 5.06. The molecule has 1 aliphatic heterocycles. The lowest BCUT2D eigenvalue weighted by atomic mass is 9.97. The minimum atomic E-state index is 0.0119. The van der Waals surface area contributed by atoms with E-state index in [0.29, 0.717) is 25.5 Å². The second kappa shape index (κ2) is 6.86. The molecule has 1 amide bonds. The molecule has 1 aliphatic rings. The molecule has 0 unspecified atom stereocenters. The van der Waals surface area contributed by atoms with Crippen molar-refractivity contribution in [3.8, 4) is 5.75 Å². The molecule has 1 atom stereocenters. The highest BCUT2D eigenvalue weighted by Gasteiger charge is 2.19. The van der Waals surface area contributed by atoms with Crippen LogP contribution in [-0.2, 0) is 17.6 Å². The van der Waals surface area contributed by atoms with Crippen LogP contribution in [0.4, 0.5) is 0 Å². The van der Waals surface area contributed by atoms with Gasteiger partial charge in [-0.15, -0.1) is 0 Å². The highest BCUT2D eigenvalue weighted by Crippen LogP contribution is 2.26. The SMILES string of the molecule is Cc1noc(C)c1CC(=O)NC[C@@H]1CCOc2ccccc2C1. The monoisotopic (exact) mass is 314 g/mol. The molecule has 0 fully saturated rings. The first-order valence-corrected chi connectivity index (χ1v) is 8.02. The van der Waals surface area contributed by atoms with Crippen molar-refractivity contribution in [2.45, 2.75) is 33.1 Å². The van der Waals surface area contributed by atoms with Gasteiger partial charge in [0.05, 0.1) is 18.7 Å². The molecule has 2 heterocycles. The number of rotatable bonds is 4. The highest BCUT2D eigenvalue weighted by atomic mass is 16.5. The lowest BCUT2D eigenvalue weighted by Crippen LogP contribution is -2.31. The number of carbonyl (C=O) groups excluding carboxylic acids is 1. The smallest absolute Gasteiger partial charge is 0.224 e. The third-order valence-corrected chi connectivity index (χ3v) is 4.37. The standard InChI is InChI=1S/C18H22N2O3/c1-12-16(13(2)23-20-12)10-18(21)19-11-14-7-8-22-17-6-4-3-5-15(17)9-14/h3-6,14H,7-11H2,1-2H3,(H,19,21)/t14-/m1/s1. The quantitative estimate of drug-likeness (QED) is 0.942. The summed E-state index contributed by atoms with van der Waals surface area (Å²) in [6.07, 6.45) is 2.20. The second-order valence-electron chi connectivity index (χ2n) is 6.10. The number of carbonyl (C=O) groups is 1. The fraction of sp³-hybridized carbons (Fsp3) is 0.444. The lowest BCUT2D eigenvalue weighted by molar-refractivity contribution is -0.120. The van der Waals surface area contributed by atoms with Crippen molar-refractivity contribution in [2.75, 3.05) is 13.2 Å². The number of benzene rings is 1. The summed E-state index contributed by atoms with van der Waals surface area (Å²) in [5, 5.41) is 6.92. The number of hydrogen-bond acceptors (Lipinski definition) is 4. The zero-order valence-electron chi connectivity index (χ0n) is 13.6. The van der Waals surface area contributed by atoms with E-state index in [1.807, 2.05) is 32.0 Å². The van der Waals surface area contributed by atoms with Gasteiger partial charge in [-0.1, -0.05) is 23.4 Å². The van der Waals surface area contributed by atoms with Gasteiger partial charge in [-0.25, -0.2) is 0 Å². The van der Waals surface area contributed by atoms with E-state index in [2.05, 4.69) is 16.5 Å². The fourth-order valence-corrected chi connectivity index (χ4v) is 2.97. The van der Waals surface area contributed by atoms with E-state index >= 15 is 0 Å². The normalized spacial score (nSPS) is 17.0. The van der Waals surface area contributed by atoms with Gasteiger partial charge in [-0.3, -0.25) is 4.79 Å². The second-order valence-corrected chi connectivity index (χ2v) is 6.10. The molecular formula is C18H22N2O3. The molecular weight excluding hydrogens is 292 g/mol. The Morgan fingerprint density at radius 3 is 2.96 bits per heavy atom. The molecule has 5 heteroatoms. The predicted octanol–water partition coefficient (Wildman–Crippen LogP) is 2.59. The molecule has 0 aliphatic carbocycles. The van der Waals surface area contributed by atoms with Crippen molar-refractivity contribution in [3.63, 3.8) is 0 Å². The Morgan fingerprint density at radius 2 is 2.17 bits per heavy atom. The van der Waals surface area contributed by atoms with Gasteiger partial charge >= 0.3 is 0 Å². The van der Waals surface area contributed by atoms with Gasteiger partial charge in [0.15, 0.2) is 0 Å². The van der Waals surface area contributed by atoms with Crippen LogP contribution >= 0.6 is 0 Å². The van der Waals surface area contributed by atoms with Crippen molar-refractivity contribution in [3.05, 3.63) is 46.8 Å². The van der Waals surface area contributed by atoms with Crippen LogP contribution < -0.4 is 10.1 Å². The molecule has 23 heavy (non-hydrogen) atoms. The minimum Gasteiger partial charge on any atom is -0.493 e. The van der Waals surface area contributed by atoms with Crippen LogP contribution in [0.1, 0.15) is 29.0 Å². The third-order valence-electron chi connectivity index (χ3n) is 4.37. The van der Waals surface area contributed by atoms with E-state index < -0.39 is 0 Å². The summed E-state index contributed by atoms with van der Waals surface area (Å²) < 4.78 is 10.9. The highest BCUT2D eigenvalue weighted by molar-refractivity contribution is 5.79. The molecule has 1 aromatic carbocycles. The Morgan fingerprint density at radius 1 is 1.35 bits per heavy atom. The average Bonchev–Trinajstić information content (AvgIpc) is 2.77. The Balaban J connectivity index is 1.55. The number of ether oxygens (including phenoxy) is 1. The van der Waals surface area contributed by atoms with Crippen molar-refractivity contribution in [2.24, 2.45) is 5.92 Å². The van der Waals surface area contributed by atoms with Crippen LogP contribution in [0.25, 0.3) is 0 Å². The predicted molar refractivity (Wildman–Crippen MR) is 86.4 cm³/mol. The number of amides is 1. The first-order chi connectivity index (χ1) is 11.1. The Labute approximate surface area is 136 Å². The van der Waals surface area contributed by atoms with Crippen LogP contribution in [0.5, 0.6) is 5.75 Å². The van der Waals surface area contributed by atoms with Crippen molar-refractivity contribution < 1.29 is 14.1 Å². The molecule has 0 saturated carbocycles. The molecule has 1 N–H and O–H groups in total. The maximum Gasteiger partial charge on any atom is 0.224 e. The Bertz CT molecular complexity index is 674. The molecule has 2 aromatic rings. The maximum absolute atomic E-state index is 12.2. The summed E-state index contributed by atoms with van der Waals surface area (Å²) >= 11 is 0. The van der Waals surface area contributed by atoms with E-state index in [0.717, 1.165) is 35.6 Å². The van der Waals surface area contributed by atoms with E-state index in [-0.39, 0.29) is 5.91 Å². The topological polar surface area (TPSA) is 64.4 Å². The molecule has 5 nitrogen and oxygen atoms in total. The summed E-state index contributed by atoms with van der Waals surface area (Å²) in [4.78, 5) is 12.2. The van der Waals surface area contributed by atoms with Crippen molar-refractivity contribution >= 4 is 5.91 Å². The lowest BCUT2D eigenvalue weighted by Gasteiger charge is -2.14. The van der Waals surface area contributed by atoms with Gasteiger partial charge < -0.3 is 14.6 Å². The van der Waals surface area contributed by atoms with Gasteiger partial charge in [0, 0.05) is 12.1 Å². The van der Waals surface area contributed by atoms with E-state index in [4.69, 9.17) is 9.26 Å². The van der Waals surface area contributed by atoms with Crippen LogP contribution in [-0.4, -0.2) is 24.2 Å². The minimum absolute atomic E-state index is 0.0119. The molecule has 0 saturated heterocycles. The zero-order chi connectivity index (χ0) is 16.2. The number of hydrogen-bond donors (Lipinski definition) is 1. The van der Waals surface area contributed by atoms with Crippen LogP contribution in [0.3, 0.4) is 0 Å². The molecule has 0 spiro atoms. The van der Waals surface area contributed by atoms with Crippen molar-refractivity contribution in [1.29, 1.82) is 0 Å². The van der Waals surface area contributed by atoms with Crippen LogP contribution in [0.2, 0.25) is 0 Å². The molecule has 1 aromatic heterocycles. The Hall–Kier alpha value is -2.30. The van der Waals surface area contributed by atoms with Gasteiger partial charge in [0.2, 0.25) is 5.91 Å². The van der Waals surface area contributed by atoms with E-state index in [1.54, 1.807) is 0 Å². The summed E-state index contributed by atoms with van der Waals surface area (Å²) in [7, 11) is 0. The molecule has 0 radical (unpaired) electrons. The number of nitrogens with zero attached hydrogens (tertiary/aromatic N) is 1. The van der Waals surface area contributed by atoms with Gasteiger partial charge in [0.25, 0.3) is 0 Å². The van der Waals surface area contributed by atoms with Gasteiger partial charge in [0.1, 0.15) is 11.5 Å². The molecule has 3 rings (SSSR count). The van der Waals surface area contributed by atoms with Crippen LogP contribution in [0.15, 0.2) is 28.8 Å². The summed E-state index contributed by atoms with van der Waals surface area (Å²) in [6, 6.07) is 8.12.